The number of rotatable bonds is 3. The fourth-order valence-electron chi connectivity index (χ4n) is 4.26. The maximum Gasteiger partial charge on any atom is 0.252 e. The first-order valence-electron chi connectivity index (χ1n) is 10.5. The minimum absolute atomic E-state index is 0.0737. The summed E-state index contributed by atoms with van der Waals surface area (Å²) in [5.74, 6) is 1.34. The molecule has 1 aliphatic heterocycles. The third-order valence-corrected chi connectivity index (χ3v) is 6.12. The summed E-state index contributed by atoms with van der Waals surface area (Å²) in [5.41, 5.74) is 2.76. The second kappa shape index (κ2) is 8.15. The molecule has 0 saturated heterocycles. The highest BCUT2D eigenvalue weighted by molar-refractivity contribution is 6.35. The quantitative estimate of drug-likeness (QED) is 0.614. The molecule has 0 bridgehead atoms. The Hall–Kier alpha value is -2.79. The van der Waals surface area contributed by atoms with Gasteiger partial charge in [-0.05, 0) is 43.2 Å². The molecular weight excluding hydrogens is 400 g/mol. The summed E-state index contributed by atoms with van der Waals surface area (Å²) in [6.07, 6.45) is 5.64. The summed E-state index contributed by atoms with van der Waals surface area (Å²) in [6, 6.07) is 13.3. The van der Waals surface area contributed by atoms with E-state index in [0.29, 0.717) is 40.8 Å². The number of halogens is 1. The van der Waals surface area contributed by atoms with Crippen molar-refractivity contribution in [1.82, 2.24) is 10.3 Å². The van der Waals surface area contributed by atoms with Crippen molar-refractivity contribution in [2.45, 2.75) is 38.1 Å². The third-order valence-electron chi connectivity index (χ3n) is 5.81. The Labute approximate surface area is 180 Å². The summed E-state index contributed by atoms with van der Waals surface area (Å²) in [5, 5.41) is 4.51. The van der Waals surface area contributed by atoms with E-state index in [1.54, 1.807) is 6.07 Å². The molecule has 1 aliphatic carbocycles. The SMILES string of the molecule is O=C(NC1CCCCC1)c1cc(-c2ccc3c(c2)OCCO3)nc2c(Cl)cccc12. The van der Waals surface area contributed by atoms with Crippen LogP contribution in [0.1, 0.15) is 42.5 Å². The zero-order valence-electron chi connectivity index (χ0n) is 16.6. The van der Waals surface area contributed by atoms with Gasteiger partial charge in [-0.1, -0.05) is 43.0 Å². The molecule has 1 N–H and O–H groups in total. The first-order valence-corrected chi connectivity index (χ1v) is 10.9. The number of para-hydroxylation sites is 1. The molecule has 0 atom stereocenters. The summed E-state index contributed by atoms with van der Waals surface area (Å²) < 4.78 is 11.3. The van der Waals surface area contributed by atoms with Crippen LogP contribution in [0.5, 0.6) is 11.5 Å². The predicted molar refractivity (Wildman–Crippen MR) is 118 cm³/mol. The number of amides is 1. The van der Waals surface area contributed by atoms with Crippen LogP contribution in [-0.4, -0.2) is 30.1 Å². The van der Waals surface area contributed by atoms with Gasteiger partial charge >= 0.3 is 0 Å². The molecule has 1 fully saturated rings. The van der Waals surface area contributed by atoms with Crippen molar-refractivity contribution in [3.63, 3.8) is 0 Å². The molecule has 1 saturated carbocycles. The first kappa shape index (κ1) is 19.2. The maximum atomic E-state index is 13.2. The standard InChI is InChI=1S/C24H23ClN2O3/c25-19-8-4-7-17-18(24(28)26-16-5-2-1-3-6-16)14-20(27-23(17)19)15-9-10-21-22(13-15)30-12-11-29-21/h4,7-10,13-14,16H,1-3,5-6,11-12H2,(H,26,28). The second-order valence-electron chi connectivity index (χ2n) is 7.86. The number of hydrogen-bond acceptors (Lipinski definition) is 4. The third kappa shape index (κ3) is 3.70. The van der Waals surface area contributed by atoms with Crippen LogP contribution in [0.15, 0.2) is 42.5 Å². The van der Waals surface area contributed by atoms with E-state index in [2.05, 4.69) is 5.32 Å². The average Bonchev–Trinajstić information content (AvgIpc) is 2.79. The molecule has 2 aliphatic rings. The van der Waals surface area contributed by atoms with Crippen molar-refractivity contribution in [3.05, 3.63) is 53.1 Å². The van der Waals surface area contributed by atoms with Crippen LogP contribution >= 0.6 is 11.6 Å². The van der Waals surface area contributed by atoms with Crippen LogP contribution in [0.25, 0.3) is 22.2 Å². The van der Waals surface area contributed by atoms with Gasteiger partial charge in [0.15, 0.2) is 11.5 Å². The minimum Gasteiger partial charge on any atom is -0.486 e. The summed E-state index contributed by atoms with van der Waals surface area (Å²) in [6.45, 7) is 1.06. The van der Waals surface area contributed by atoms with Crippen LogP contribution in [0.4, 0.5) is 0 Å². The van der Waals surface area contributed by atoms with Crippen molar-refractivity contribution in [3.8, 4) is 22.8 Å². The molecule has 2 heterocycles. The number of carbonyl (C=O) groups excluding carboxylic acids is 1. The molecule has 2 aromatic carbocycles. The van der Waals surface area contributed by atoms with Crippen LogP contribution in [0.2, 0.25) is 5.02 Å². The largest absolute Gasteiger partial charge is 0.486 e. The topological polar surface area (TPSA) is 60.5 Å². The van der Waals surface area contributed by atoms with Gasteiger partial charge < -0.3 is 14.8 Å². The van der Waals surface area contributed by atoms with Gasteiger partial charge in [-0.3, -0.25) is 4.79 Å². The van der Waals surface area contributed by atoms with Gasteiger partial charge in [0, 0.05) is 17.0 Å². The minimum atomic E-state index is -0.0737. The molecule has 5 rings (SSSR count). The fourth-order valence-corrected chi connectivity index (χ4v) is 4.48. The fraction of sp³-hybridized carbons (Fsp3) is 0.333. The molecular formula is C24H23ClN2O3. The molecule has 0 radical (unpaired) electrons. The van der Waals surface area contributed by atoms with E-state index < -0.39 is 0 Å². The maximum absolute atomic E-state index is 13.2. The van der Waals surface area contributed by atoms with Crippen LogP contribution < -0.4 is 14.8 Å². The second-order valence-corrected chi connectivity index (χ2v) is 8.27. The van der Waals surface area contributed by atoms with E-state index in [0.717, 1.165) is 42.4 Å². The molecule has 5 nitrogen and oxygen atoms in total. The Kier molecular flexibility index (Phi) is 5.21. The van der Waals surface area contributed by atoms with Gasteiger partial charge in [-0.25, -0.2) is 4.98 Å². The summed E-state index contributed by atoms with van der Waals surface area (Å²) in [7, 11) is 0. The van der Waals surface area contributed by atoms with E-state index in [4.69, 9.17) is 26.1 Å². The van der Waals surface area contributed by atoms with E-state index in [9.17, 15) is 4.79 Å². The van der Waals surface area contributed by atoms with Gasteiger partial charge in [0.25, 0.3) is 5.91 Å². The van der Waals surface area contributed by atoms with Crippen molar-refractivity contribution in [2.24, 2.45) is 0 Å². The normalized spacial score (nSPS) is 16.4. The lowest BCUT2D eigenvalue weighted by atomic mass is 9.95. The number of carbonyl (C=O) groups is 1. The Balaban J connectivity index is 1.58. The highest BCUT2D eigenvalue weighted by atomic mass is 35.5. The molecule has 0 unspecified atom stereocenters. The molecule has 154 valence electrons. The number of ether oxygens (including phenoxy) is 2. The Morgan fingerprint density at radius 3 is 2.63 bits per heavy atom. The van der Waals surface area contributed by atoms with E-state index in [-0.39, 0.29) is 11.9 Å². The number of hydrogen-bond donors (Lipinski definition) is 1. The summed E-state index contributed by atoms with van der Waals surface area (Å²) >= 11 is 6.46. The first-order chi connectivity index (χ1) is 14.7. The number of fused-ring (bicyclic) bond motifs is 2. The van der Waals surface area contributed by atoms with Gasteiger partial charge in [0.05, 0.1) is 21.8 Å². The smallest absolute Gasteiger partial charge is 0.252 e. The van der Waals surface area contributed by atoms with Gasteiger partial charge in [0.1, 0.15) is 13.2 Å². The molecule has 0 spiro atoms. The van der Waals surface area contributed by atoms with Crippen LogP contribution in [0, 0.1) is 0 Å². The lowest BCUT2D eigenvalue weighted by Gasteiger charge is -2.23. The zero-order chi connectivity index (χ0) is 20.5. The van der Waals surface area contributed by atoms with Crippen molar-refractivity contribution < 1.29 is 14.3 Å². The van der Waals surface area contributed by atoms with Crippen LogP contribution in [-0.2, 0) is 0 Å². The van der Waals surface area contributed by atoms with Crippen LogP contribution in [0.3, 0.4) is 0 Å². The molecule has 1 aromatic heterocycles. The highest BCUT2D eigenvalue weighted by Gasteiger charge is 2.21. The van der Waals surface area contributed by atoms with Gasteiger partial charge in [-0.2, -0.15) is 0 Å². The molecule has 1 amide bonds. The highest BCUT2D eigenvalue weighted by Crippen LogP contribution is 2.36. The Morgan fingerprint density at radius 2 is 1.80 bits per heavy atom. The number of aromatic nitrogens is 1. The van der Waals surface area contributed by atoms with Crippen molar-refractivity contribution >= 4 is 28.4 Å². The predicted octanol–water partition coefficient (Wildman–Crippen LogP) is 5.39. The molecule has 30 heavy (non-hydrogen) atoms. The zero-order valence-corrected chi connectivity index (χ0v) is 17.4. The monoisotopic (exact) mass is 422 g/mol. The van der Waals surface area contributed by atoms with Crippen molar-refractivity contribution in [1.29, 1.82) is 0 Å². The molecule has 6 heteroatoms. The Morgan fingerprint density at radius 1 is 1.00 bits per heavy atom. The number of nitrogens with zero attached hydrogens (tertiary/aromatic N) is 1. The Bertz CT molecular complexity index is 1110. The number of pyridine rings is 1. The van der Waals surface area contributed by atoms with E-state index in [1.165, 1.54) is 6.42 Å². The lowest BCUT2D eigenvalue weighted by Crippen LogP contribution is -2.36. The lowest BCUT2D eigenvalue weighted by molar-refractivity contribution is 0.0929. The number of benzene rings is 2. The van der Waals surface area contributed by atoms with Crippen molar-refractivity contribution in [2.75, 3.05) is 13.2 Å². The summed E-state index contributed by atoms with van der Waals surface area (Å²) in [4.78, 5) is 18.0. The number of nitrogens with one attached hydrogen (secondary N) is 1. The van der Waals surface area contributed by atoms with Gasteiger partial charge in [-0.15, -0.1) is 0 Å². The van der Waals surface area contributed by atoms with Gasteiger partial charge in [0.2, 0.25) is 0 Å². The average molecular weight is 423 g/mol. The molecule has 3 aromatic rings. The van der Waals surface area contributed by atoms with E-state index in [1.807, 2.05) is 36.4 Å². The van der Waals surface area contributed by atoms with E-state index >= 15 is 0 Å².